The molecule has 0 aliphatic carbocycles. The first kappa shape index (κ1) is 19.4. The molecule has 0 fully saturated rings. The van der Waals surface area contributed by atoms with Crippen LogP contribution in [0.25, 0.3) is 0 Å². The maximum absolute atomic E-state index is 12.5. The fraction of sp³-hybridized carbons (Fsp3) is 1.00. The van der Waals surface area contributed by atoms with Crippen LogP contribution in [-0.4, -0.2) is 27.0 Å². The number of hydrogen-bond donors (Lipinski definition) is 0. The Labute approximate surface area is 126 Å². The minimum absolute atomic E-state index is 0.343. The van der Waals surface area contributed by atoms with Crippen molar-refractivity contribution in [1.82, 2.24) is 0 Å². The summed E-state index contributed by atoms with van der Waals surface area (Å²) in [7, 11) is -7.91. The third-order valence-corrected chi connectivity index (χ3v) is 8.10. The lowest BCUT2D eigenvalue weighted by atomic mass is 10.9. The van der Waals surface area contributed by atoms with Crippen LogP contribution in [0.15, 0.2) is 0 Å². The molecule has 110 valence electrons. The van der Waals surface area contributed by atoms with Gasteiger partial charge in [0.25, 0.3) is 0 Å². The average molecular weight is 374 g/mol. The summed E-state index contributed by atoms with van der Waals surface area (Å²) in [4.78, 5) is 0. The van der Waals surface area contributed by atoms with Gasteiger partial charge in [0.2, 0.25) is 3.79 Å². The predicted molar refractivity (Wildman–Crippen MR) is 82.7 cm³/mol. The summed E-state index contributed by atoms with van der Waals surface area (Å²) in [5, 5.41) is 0. The lowest BCUT2D eigenvalue weighted by molar-refractivity contribution is 0.210. The van der Waals surface area contributed by atoms with E-state index in [4.69, 9.17) is 47.8 Å². The van der Waals surface area contributed by atoms with E-state index < -0.39 is 28.3 Å². The third kappa shape index (κ3) is 11.3. The van der Waals surface area contributed by atoms with Crippen molar-refractivity contribution in [2.24, 2.45) is 0 Å². The highest BCUT2D eigenvalue weighted by Crippen LogP contribution is 2.55. The maximum atomic E-state index is 12.5. The van der Waals surface area contributed by atoms with Crippen LogP contribution in [0.5, 0.6) is 0 Å². The molecule has 10 heteroatoms. The van der Waals surface area contributed by atoms with Gasteiger partial charge in [-0.3, -0.25) is 4.52 Å². The molecule has 18 heavy (non-hydrogen) atoms. The Bertz CT molecular complexity index is 302. The van der Waals surface area contributed by atoms with E-state index in [0.29, 0.717) is 0 Å². The molecule has 0 saturated carbocycles. The molecule has 0 aromatic carbocycles. The Morgan fingerprint density at radius 1 is 0.944 bits per heavy atom. The SMILES string of the molecule is C[Si](C)(C)OP(=O)(OCC(Cl)(Cl)Cl)O[Si](C)(C)C. The molecule has 0 aliphatic rings. The molecule has 0 heterocycles. The second-order valence-corrected chi connectivity index (χ2v) is 19.3. The summed E-state index contributed by atoms with van der Waals surface area (Å²) in [6.45, 7) is 10.9. The average Bonchev–Trinajstić information content (AvgIpc) is 1.91. The van der Waals surface area contributed by atoms with Gasteiger partial charge in [-0.05, 0) is 39.3 Å². The van der Waals surface area contributed by atoms with Gasteiger partial charge < -0.3 is 8.43 Å². The van der Waals surface area contributed by atoms with Crippen LogP contribution in [0.2, 0.25) is 39.3 Å². The zero-order valence-electron chi connectivity index (χ0n) is 11.4. The Morgan fingerprint density at radius 2 is 1.28 bits per heavy atom. The van der Waals surface area contributed by atoms with Crippen LogP contribution in [-0.2, 0) is 17.5 Å². The molecule has 0 aliphatic heterocycles. The predicted octanol–water partition coefficient (Wildman–Crippen LogP) is 5.18. The van der Waals surface area contributed by atoms with E-state index in [1.165, 1.54) is 0 Å². The van der Waals surface area contributed by atoms with Crippen molar-refractivity contribution in [3.05, 3.63) is 0 Å². The molecule has 0 bridgehead atoms. The fourth-order valence-electron chi connectivity index (χ4n) is 0.894. The van der Waals surface area contributed by atoms with Crippen LogP contribution in [0.1, 0.15) is 0 Å². The second-order valence-electron chi connectivity index (χ2n) is 5.74. The first-order valence-electron chi connectivity index (χ1n) is 5.35. The Hall–Kier alpha value is 1.41. The molecule has 0 amide bonds. The van der Waals surface area contributed by atoms with Crippen molar-refractivity contribution >= 4 is 59.3 Å². The monoisotopic (exact) mass is 372 g/mol. The van der Waals surface area contributed by atoms with Crippen LogP contribution < -0.4 is 0 Å². The van der Waals surface area contributed by atoms with E-state index in [2.05, 4.69) is 0 Å². The number of phosphoric acid groups is 1. The lowest BCUT2D eigenvalue weighted by Crippen LogP contribution is -2.31. The van der Waals surface area contributed by atoms with Gasteiger partial charge in [0.05, 0.1) is 0 Å². The second kappa shape index (κ2) is 6.45. The van der Waals surface area contributed by atoms with Crippen LogP contribution >= 0.6 is 42.6 Å². The van der Waals surface area contributed by atoms with E-state index in [1.54, 1.807) is 0 Å². The zero-order chi connectivity index (χ0) is 14.8. The first-order chi connectivity index (χ1) is 7.62. The molecule has 0 radical (unpaired) electrons. The van der Waals surface area contributed by atoms with Crippen molar-refractivity contribution in [1.29, 1.82) is 0 Å². The van der Waals surface area contributed by atoms with E-state index in [9.17, 15) is 4.57 Å². The normalized spacial score (nSPS) is 14.9. The quantitative estimate of drug-likeness (QED) is 0.365. The van der Waals surface area contributed by atoms with E-state index in [0.717, 1.165) is 0 Å². The summed E-state index contributed by atoms with van der Waals surface area (Å²) >= 11 is 16.7. The number of rotatable bonds is 6. The fourth-order valence-corrected chi connectivity index (χ4v) is 7.91. The van der Waals surface area contributed by atoms with Gasteiger partial charge in [-0.25, -0.2) is 4.57 Å². The maximum Gasteiger partial charge on any atom is 0.455 e. The smallest absolute Gasteiger partial charge is 0.331 e. The molecule has 0 spiro atoms. The Balaban J connectivity index is 4.88. The van der Waals surface area contributed by atoms with Gasteiger partial charge >= 0.3 is 7.82 Å². The van der Waals surface area contributed by atoms with Gasteiger partial charge in [0, 0.05) is 0 Å². The van der Waals surface area contributed by atoms with Gasteiger partial charge in [0.1, 0.15) is 6.61 Å². The summed E-state index contributed by atoms with van der Waals surface area (Å²) in [6.07, 6.45) is 0. The van der Waals surface area contributed by atoms with Crippen molar-refractivity contribution in [2.45, 2.75) is 43.1 Å². The zero-order valence-corrected chi connectivity index (χ0v) is 16.6. The van der Waals surface area contributed by atoms with E-state index in [-0.39, 0.29) is 6.61 Å². The Morgan fingerprint density at radius 3 is 1.50 bits per heavy atom. The molecule has 0 aromatic rings. The van der Waals surface area contributed by atoms with Gasteiger partial charge in [0.15, 0.2) is 16.6 Å². The standard InChI is InChI=1S/C8H20Cl3O4PSi2/c1-17(2,3)14-16(12,15-18(4,5)6)13-7-8(9,10)11/h7H2,1-6H3. The summed E-state index contributed by atoms with van der Waals surface area (Å²) in [5.74, 6) is 0. The van der Waals surface area contributed by atoms with Crippen LogP contribution in [0.4, 0.5) is 0 Å². The first-order valence-corrected chi connectivity index (χ1v) is 14.8. The van der Waals surface area contributed by atoms with Gasteiger partial charge in [-0.1, -0.05) is 34.8 Å². The van der Waals surface area contributed by atoms with Crippen molar-refractivity contribution in [2.75, 3.05) is 6.61 Å². The van der Waals surface area contributed by atoms with E-state index >= 15 is 0 Å². The summed E-state index contributed by atoms with van der Waals surface area (Å²) in [6, 6.07) is 0. The third-order valence-electron chi connectivity index (χ3n) is 1.16. The topological polar surface area (TPSA) is 44.8 Å². The summed E-state index contributed by atoms with van der Waals surface area (Å²) < 4.78 is 27.0. The highest BCUT2D eigenvalue weighted by Gasteiger charge is 2.40. The lowest BCUT2D eigenvalue weighted by Gasteiger charge is -2.30. The highest BCUT2D eigenvalue weighted by molar-refractivity contribution is 7.52. The molecule has 0 aromatic heterocycles. The number of alkyl halides is 3. The molecular weight excluding hydrogens is 354 g/mol. The molecule has 0 saturated heterocycles. The minimum atomic E-state index is -3.69. The molecule has 0 N–H and O–H groups in total. The van der Waals surface area contributed by atoms with Crippen molar-refractivity contribution in [3.63, 3.8) is 0 Å². The van der Waals surface area contributed by atoms with E-state index in [1.807, 2.05) is 39.3 Å². The molecule has 4 nitrogen and oxygen atoms in total. The summed E-state index contributed by atoms with van der Waals surface area (Å²) in [5.41, 5.74) is 0. The van der Waals surface area contributed by atoms with Crippen molar-refractivity contribution in [3.8, 4) is 0 Å². The molecule has 0 atom stereocenters. The molecule has 0 rings (SSSR count). The van der Waals surface area contributed by atoms with Crippen molar-refractivity contribution < 1.29 is 17.5 Å². The number of hydrogen-bond acceptors (Lipinski definition) is 4. The number of halogens is 3. The Kier molecular flexibility index (Phi) is 6.96. The van der Waals surface area contributed by atoms with Gasteiger partial charge in [-0.15, -0.1) is 0 Å². The minimum Gasteiger partial charge on any atom is -0.331 e. The van der Waals surface area contributed by atoms with Gasteiger partial charge in [-0.2, -0.15) is 0 Å². The molecule has 0 unspecified atom stereocenters. The highest BCUT2D eigenvalue weighted by atomic mass is 35.6. The van der Waals surface area contributed by atoms with Crippen LogP contribution in [0, 0.1) is 0 Å². The largest absolute Gasteiger partial charge is 0.455 e. The van der Waals surface area contributed by atoms with Crippen LogP contribution in [0.3, 0.4) is 0 Å². The molecular formula is C8H20Cl3O4PSi2.